The van der Waals surface area contributed by atoms with Gasteiger partial charge in [-0.2, -0.15) is 4.57 Å². The largest absolute Gasteiger partial charge is 0.488 e. The summed E-state index contributed by atoms with van der Waals surface area (Å²) in [7, 11) is 2.12. The zero-order valence-electron chi connectivity index (χ0n) is 14.5. The van der Waals surface area contributed by atoms with E-state index in [4.69, 9.17) is 4.74 Å². The van der Waals surface area contributed by atoms with Crippen molar-refractivity contribution in [1.29, 1.82) is 0 Å². The van der Waals surface area contributed by atoms with Crippen molar-refractivity contribution in [2.45, 2.75) is 0 Å². The average Bonchev–Trinajstić information content (AvgIpc) is 3.02. The van der Waals surface area contributed by atoms with Gasteiger partial charge in [0.15, 0.2) is 0 Å². The lowest BCUT2D eigenvalue weighted by Gasteiger charge is -2.17. The highest BCUT2D eigenvalue weighted by Crippen LogP contribution is 2.33. The molecular formula is C23H18NOS+. The molecule has 1 aromatic heterocycles. The van der Waals surface area contributed by atoms with E-state index in [2.05, 4.69) is 90.5 Å². The summed E-state index contributed by atoms with van der Waals surface area (Å²) in [6, 6.07) is 21.2. The lowest BCUT2D eigenvalue weighted by Crippen LogP contribution is -2.28. The van der Waals surface area contributed by atoms with Gasteiger partial charge in [0.1, 0.15) is 24.1 Å². The number of aryl methyl sites for hydroxylation is 1. The number of hydrogen-bond acceptors (Lipinski definition) is 2. The van der Waals surface area contributed by atoms with Gasteiger partial charge in [-0.05, 0) is 40.6 Å². The van der Waals surface area contributed by atoms with Gasteiger partial charge >= 0.3 is 0 Å². The summed E-state index contributed by atoms with van der Waals surface area (Å²) in [4.78, 5) is 0. The molecule has 4 aromatic rings. The van der Waals surface area contributed by atoms with Crippen molar-refractivity contribution in [3.05, 3.63) is 82.9 Å². The fourth-order valence-electron chi connectivity index (χ4n) is 3.48. The Balaban J connectivity index is 1.55. The van der Waals surface area contributed by atoms with E-state index in [9.17, 15) is 0 Å². The van der Waals surface area contributed by atoms with Crippen LogP contribution in [0.2, 0.25) is 0 Å². The van der Waals surface area contributed by atoms with Crippen LogP contribution in [0.1, 0.15) is 10.6 Å². The summed E-state index contributed by atoms with van der Waals surface area (Å²) in [5.74, 6) is 0.966. The van der Waals surface area contributed by atoms with Gasteiger partial charge in [0.05, 0.1) is 0 Å². The number of hydrogen-bond donors (Lipinski definition) is 0. The first kappa shape index (κ1) is 15.4. The average molecular weight is 356 g/mol. The van der Waals surface area contributed by atoms with Crippen molar-refractivity contribution in [3.63, 3.8) is 0 Å². The van der Waals surface area contributed by atoms with Crippen molar-refractivity contribution in [2.24, 2.45) is 7.05 Å². The molecule has 0 aliphatic carbocycles. The van der Waals surface area contributed by atoms with Gasteiger partial charge in [-0.3, -0.25) is 0 Å². The molecule has 5 rings (SSSR count). The van der Waals surface area contributed by atoms with Gasteiger partial charge in [0, 0.05) is 17.7 Å². The van der Waals surface area contributed by atoms with Crippen LogP contribution in [0, 0.1) is 0 Å². The molecule has 126 valence electrons. The Morgan fingerprint density at radius 2 is 1.81 bits per heavy atom. The van der Waals surface area contributed by atoms with E-state index in [0.29, 0.717) is 6.61 Å². The van der Waals surface area contributed by atoms with Crippen molar-refractivity contribution < 1.29 is 9.30 Å². The predicted octanol–water partition coefficient (Wildman–Crippen LogP) is 5.37. The first-order valence-corrected chi connectivity index (χ1v) is 9.52. The maximum absolute atomic E-state index is 6.00. The molecule has 2 heterocycles. The van der Waals surface area contributed by atoms with E-state index < -0.39 is 0 Å². The van der Waals surface area contributed by atoms with Gasteiger partial charge in [0.25, 0.3) is 5.01 Å². The van der Waals surface area contributed by atoms with Gasteiger partial charge in [-0.1, -0.05) is 53.8 Å². The molecule has 0 fully saturated rings. The highest BCUT2D eigenvalue weighted by Gasteiger charge is 2.15. The molecule has 0 bridgehead atoms. The molecule has 0 unspecified atom stereocenters. The second-order valence-corrected chi connectivity index (χ2v) is 7.57. The van der Waals surface area contributed by atoms with Gasteiger partial charge in [0.2, 0.25) is 5.52 Å². The summed E-state index contributed by atoms with van der Waals surface area (Å²) in [5, 5.41) is 3.71. The fourth-order valence-corrected chi connectivity index (χ4v) is 4.53. The summed E-state index contributed by atoms with van der Waals surface area (Å²) in [6.07, 6.45) is 6.62. The SMILES string of the molecule is C[n+]1c(/C=C/C2=Cc3c(ccc4ccccc34)OC2)sc2ccccc21. The number of rotatable bonds is 2. The zero-order chi connectivity index (χ0) is 17.5. The monoisotopic (exact) mass is 356 g/mol. The lowest BCUT2D eigenvalue weighted by atomic mass is 9.99. The Labute approximate surface area is 156 Å². The quantitative estimate of drug-likeness (QED) is 0.440. The lowest BCUT2D eigenvalue weighted by molar-refractivity contribution is -0.642. The van der Waals surface area contributed by atoms with E-state index in [1.165, 1.54) is 37.1 Å². The smallest absolute Gasteiger partial charge is 0.262 e. The Bertz CT molecular complexity index is 1200. The fraction of sp³-hybridized carbons (Fsp3) is 0.0870. The Kier molecular flexibility index (Phi) is 3.61. The van der Waals surface area contributed by atoms with Crippen LogP contribution in [0.25, 0.3) is 33.1 Å². The molecule has 3 aromatic carbocycles. The van der Waals surface area contributed by atoms with Crippen LogP contribution in [0.4, 0.5) is 0 Å². The molecule has 26 heavy (non-hydrogen) atoms. The van der Waals surface area contributed by atoms with Gasteiger partial charge < -0.3 is 4.74 Å². The summed E-state index contributed by atoms with van der Waals surface area (Å²) < 4.78 is 9.54. The van der Waals surface area contributed by atoms with Gasteiger partial charge in [-0.25, -0.2) is 0 Å². The molecule has 0 N–H and O–H groups in total. The van der Waals surface area contributed by atoms with Gasteiger partial charge in [-0.15, -0.1) is 0 Å². The molecule has 0 spiro atoms. The molecule has 3 heteroatoms. The van der Waals surface area contributed by atoms with Crippen LogP contribution in [-0.4, -0.2) is 6.61 Å². The minimum atomic E-state index is 0.608. The normalized spacial score (nSPS) is 13.8. The molecule has 0 amide bonds. The molecular weight excluding hydrogens is 338 g/mol. The van der Waals surface area contributed by atoms with Crippen LogP contribution in [-0.2, 0) is 7.05 Å². The topological polar surface area (TPSA) is 13.1 Å². The van der Waals surface area contributed by atoms with Crippen molar-refractivity contribution in [2.75, 3.05) is 6.61 Å². The molecule has 1 aliphatic rings. The summed E-state index contributed by atoms with van der Waals surface area (Å²) >= 11 is 1.81. The van der Waals surface area contributed by atoms with Crippen LogP contribution in [0.5, 0.6) is 5.75 Å². The number of benzene rings is 3. The number of ether oxygens (including phenoxy) is 1. The molecule has 0 saturated carbocycles. The second-order valence-electron chi connectivity index (χ2n) is 6.51. The number of fused-ring (bicyclic) bond motifs is 4. The molecule has 1 aliphatic heterocycles. The summed E-state index contributed by atoms with van der Waals surface area (Å²) in [5.41, 5.74) is 3.63. The first-order chi connectivity index (χ1) is 12.8. The standard InChI is InChI=1S/C23H18NOS/c1-24-20-8-4-5-9-22(20)26-23(24)13-10-16-14-19-18-7-3-2-6-17(18)11-12-21(19)25-15-16/h2-14H,15H2,1H3/q+1/b13-10+. The number of thiazole rings is 1. The van der Waals surface area contributed by atoms with Crippen LogP contribution < -0.4 is 9.30 Å². The van der Waals surface area contributed by atoms with E-state index >= 15 is 0 Å². The van der Waals surface area contributed by atoms with Crippen molar-refractivity contribution >= 4 is 44.5 Å². The first-order valence-electron chi connectivity index (χ1n) is 8.70. The maximum Gasteiger partial charge on any atom is 0.262 e. The van der Waals surface area contributed by atoms with Crippen LogP contribution in [0.3, 0.4) is 0 Å². The Morgan fingerprint density at radius 3 is 2.73 bits per heavy atom. The third-order valence-electron chi connectivity index (χ3n) is 4.87. The van der Waals surface area contributed by atoms with Crippen molar-refractivity contribution in [1.82, 2.24) is 0 Å². The molecule has 0 radical (unpaired) electrons. The number of para-hydroxylation sites is 1. The maximum atomic E-state index is 6.00. The Morgan fingerprint density at radius 1 is 0.962 bits per heavy atom. The molecule has 0 atom stereocenters. The zero-order valence-corrected chi connectivity index (χ0v) is 15.3. The predicted molar refractivity (Wildman–Crippen MR) is 109 cm³/mol. The second kappa shape index (κ2) is 6.11. The third-order valence-corrected chi connectivity index (χ3v) is 6.05. The molecule has 2 nitrogen and oxygen atoms in total. The minimum Gasteiger partial charge on any atom is -0.488 e. The minimum absolute atomic E-state index is 0.608. The van der Waals surface area contributed by atoms with E-state index in [1.54, 1.807) is 0 Å². The number of aromatic nitrogens is 1. The number of nitrogens with zero attached hydrogens (tertiary/aromatic N) is 1. The van der Waals surface area contributed by atoms with Crippen LogP contribution >= 0.6 is 11.3 Å². The summed E-state index contributed by atoms with van der Waals surface area (Å²) in [6.45, 7) is 0.608. The highest BCUT2D eigenvalue weighted by molar-refractivity contribution is 7.18. The van der Waals surface area contributed by atoms with E-state index in [-0.39, 0.29) is 0 Å². The van der Waals surface area contributed by atoms with E-state index in [1.807, 2.05) is 11.3 Å². The highest BCUT2D eigenvalue weighted by atomic mass is 32.1. The molecule has 0 saturated heterocycles. The third kappa shape index (κ3) is 2.52. The van der Waals surface area contributed by atoms with E-state index in [0.717, 1.165) is 5.75 Å². The Hall–Kier alpha value is -2.91. The van der Waals surface area contributed by atoms with Crippen LogP contribution in [0.15, 0.2) is 72.3 Å². The van der Waals surface area contributed by atoms with Crippen molar-refractivity contribution in [3.8, 4) is 5.75 Å².